The van der Waals surface area contributed by atoms with Gasteiger partial charge in [0.2, 0.25) is 0 Å². The fraction of sp³-hybridized carbons (Fsp3) is 0.130. The van der Waals surface area contributed by atoms with Gasteiger partial charge < -0.3 is 9.84 Å². The first-order chi connectivity index (χ1) is 13.1. The molecule has 4 nitrogen and oxygen atoms in total. The first kappa shape index (κ1) is 17.0. The maximum absolute atomic E-state index is 12.4. The summed E-state index contributed by atoms with van der Waals surface area (Å²) in [7, 11) is 0. The Morgan fingerprint density at radius 1 is 0.815 bits per heavy atom. The Morgan fingerprint density at radius 3 is 2.00 bits per heavy atom. The first-order valence-electron chi connectivity index (χ1n) is 8.80. The smallest absolute Gasteiger partial charge is 0.335 e. The predicted octanol–water partition coefficient (Wildman–Crippen LogP) is 4.28. The molecule has 1 N–H and O–H groups in total. The number of benzene rings is 3. The van der Waals surface area contributed by atoms with Crippen molar-refractivity contribution in [2.75, 3.05) is 6.61 Å². The molecule has 0 saturated carbocycles. The van der Waals surface area contributed by atoms with Crippen LogP contribution < -0.4 is 0 Å². The fourth-order valence-electron chi connectivity index (χ4n) is 3.71. The molecule has 0 fully saturated rings. The van der Waals surface area contributed by atoms with Crippen LogP contribution in [-0.2, 0) is 16.0 Å². The van der Waals surface area contributed by atoms with E-state index in [-0.39, 0.29) is 24.5 Å². The van der Waals surface area contributed by atoms with Gasteiger partial charge in [-0.2, -0.15) is 0 Å². The van der Waals surface area contributed by atoms with Crippen LogP contribution in [0, 0.1) is 0 Å². The standard InChI is InChI=1S/C23H18O4/c24-22(13-15-7-1-2-8-16(15)23(25)26)27-14-21-19-11-5-3-9-17(19)18-10-4-6-12-20(18)21/h1-12,21H,13-14H2,(H,25,26). The maximum Gasteiger partial charge on any atom is 0.335 e. The largest absolute Gasteiger partial charge is 0.478 e. The van der Waals surface area contributed by atoms with Crippen molar-refractivity contribution in [1.29, 1.82) is 0 Å². The van der Waals surface area contributed by atoms with E-state index in [9.17, 15) is 14.7 Å². The summed E-state index contributed by atoms with van der Waals surface area (Å²) < 4.78 is 5.55. The first-order valence-corrected chi connectivity index (χ1v) is 8.80. The Labute approximate surface area is 157 Å². The topological polar surface area (TPSA) is 63.6 Å². The minimum Gasteiger partial charge on any atom is -0.478 e. The number of carbonyl (C=O) groups is 2. The van der Waals surface area contributed by atoms with Crippen LogP contribution in [0.1, 0.15) is 33.0 Å². The van der Waals surface area contributed by atoms with E-state index in [1.54, 1.807) is 18.2 Å². The molecule has 0 bridgehead atoms. The lowest BCUT2D eigenvalue weighted by Crippen LogP contribution is -2.15. The number of ether oxygens (including phenoxy) is 1. The van der Waals surface area contributed by atoms with Gasteiger partial charge in [-0.25, -0.2) is 4.79 Å². The SMILES string of the molecule is O=C(Cc1ccccc1C(=O)O)OCC1c2ccccc2-c2ccccc21. The van der Waals surface area contributed by atoms with E-state index >= 15 is 0 Å². The Bertz CT molecular complexity index is 977. The summed E-state index contributed by atoms with van der Waals surface area (Å²) >= 11 is 0. The zero-order chi connectivity index (χ0) is 18.8. The molecule has 0 atom stereocenters. The van der Waals surface area contributed by atoms with E-state index in [2.05, 4.69) is 24.3 Å². The molecule has 0 spiro atoms. The van der Waals surface area contributed by atoms with Crippen LogP contribution in [-0.4, -0.2) is 23.7 Å². The van der Waals surface area contributed by atoms with E-state index in [1.807, 2.05) is 24.3 Å². The predicted molar refractivity (Wildman–Crippen MR) is 102 cm³/mol. The van der Waals surface area contributed by atoms with Crippen LogP contribution in [0.3, 0.4) is 0 Å². The van der Waals surface area contributed by atoms with E-state index in [0.717, 1.165) is 11.1 Å². The molecule has 134 valence electrons. The highest BCUT2D eigenvalue weighted by molar-refractivity contribution is 5.91. The molecule has 3 aromatic rings. The molecule has 0 heterocycles. The third-order valence-corrected chi connectivity index (χ3v) is 4.96. The minimum atomic E-state index is -1.04. The van der Waals surface area contributed by atoms with Crippen molar-refractivity contribution >= 4 is 11.9 Å². The molecule has 27 heavy (non-hydrogen) atoms. The highest BCUT2D eigenvalue weighted by Gasteiger charge is 2.29. The van der Waals surface area contributed by atoms with Gasteiger partial charge in [-0.1, -0.05) is 66.7 Å². The average molecular weight is 358 g/mol. The lowest BCUT2D eigenvalue weighted by atomic mass is 9.98. The highest BCUT2D eigenvalue weighted by atomic mass is 16.5. The minimum absolute atomic E-state index is 0.00364. The highest BCUT2D eigenvalue weighted by Crippen LogP contribution is 2.44. The van der Waals surface area contributed by atoms with E-state index in [0.29, 0.717) is 5.56 Å². The number of hydrogen-bond acceptors (Lipinski definition) is 3. The lowest BCUT2D eigenvalue weighted by molar-refractivity contribution is -0.143. The zero-order valence-electron chi connectivity index (χ0n) is 14.6. The summed E-state index contributed by atoms with van der Waals surface area (Å²) in [5, 5.41) is 9.25. The number of carboxylic acids is 1. The molecule has 4 heteroatoms. The summed E-state index contributed by atoms with van der Waals surface area (Å²) in [5.74, 6) is -1.47. The second kappa shape index (κ2) is 7.08. The number of carbonyl (C=O) groups excluding carboxylic acids is 1. The normalized spacial score (nSPS) is 12.3. The van der Waals surface area contributed by atoms with Crippen molar-refractivity contribution < 1.29 is 19.4 Å². The average Bonchev–Trinajstić information content (AvgIpc) is 3.00. The molecule has 0 amide bonds. The van der Waals surface area contributed by atoms with E-state index in [4.69, 9.17) is 4.74 Å². The third kappa shape index (κ3) is 3.22. The number of rotatable bonds is 5. The van der Waals surface area contributed by atoms with Crippen LogP contribution in [0.25, 0.3) is 11.1 Å². The molecular formula is C23H18O4. The van der Waals surface area contributed by atoms with Crippen LogP contribution in [0.5, 0.6) is 0 Å². The van der Waals surface area contributed by atoms with Crippen LogP contribution in [0.2, 0.25) is 0 Å². The molecule has 0 radical (unpaired) electrons. The molecular weight excluding hydrogens is 340 g/mol. The summed E-state index contributed by atoms with van der Waals surface area (Å²) in [5.41, 5.74) is 5.24. The van der Waals surface area contributed by atoms with Gasteiger partial charge >= 0.3 is 11.9 Å². The van der Waals surface area contributed by atoms with Crippen LogP contribution >= 0.6 is 0 Å². The quantitative estimate of drug-likeness (QED) is 0.692. The van der Waals surface area contributed by atoms with Gasteiger partial charge in [-0.3, -0.25) is 4.79 Å². The maximum atomic E-state index is 12.4. The number of hydrogen-bond donors (Lipinski definition) is 1. The second-order valence-electron chi connectivity index (χ2n) is 6.55. The van der Waals surface area contributed by atoms with Crippen molar-refractivity contribution in [2.45, 2.75) is 12.3 Å². The number of esters is 1. The summed E-state index contributed by atoms with van der Waals surface area (Å²) in [6.07, 6.45) is -0.0571. The Balaban J connectivity index is 1.51. The van der Waals surface area contributed by atoms with Crippen molar-refractivity contribution in [3.8, 4) is 11.1 Å². The second-order valence-corrected chi connectivity index (χ2v) is 6.55. The number of aromatic carboxylic acids is 1. The Hall–Kier alpha value is -3.40. The molecule has 0 saturated heterocycles. The van der Waals surface area contributed by atoms with Crippen molar-refractivity contribution in [2.24, 2.45) is 0 Å². The van der Waals surface area contributed by atoms with Gasteiger partial charge in [0.15, 0.2) is 0 Å². The van der Waals surface area contributed by atoms with Gasteiger partial charge in [0.05, 0.1) is 12.0 Å². The number of carboxylic acid groups (broad SMARTS) is 1. The monoisotopic (exact) mass is 358 g/mol. The molecule has 3 aromatic carbocycles. The molecule has 1 aliphatic carbocycles. The molecule has 0 aromatic heterocycles. The lowest BCUT2D eigenvalue weighted by Gasteiger charge is -2.14. The Kier molecular flexibility index (Phi) is 4.47. The van der Waals surface area contributed by atoms with Crippen molar-refractivity contribution in [1.82, 2.24) is 0 Å². The summed E-state index contributed by atoms with van der Waals surface area (Å²) in [6.45, 7) is 0.238. The summed E-state index contributed by atoms with van der Waals surface area (Å²) in [4.78, 5) is 23.6. The summed E-state index contributed by atoms with van der Waals surface area (Å²) in [6, 6.07) is 22.8. The van der Waals surface area contributed by atoms with Gasteiger partial charge in [0.1, 0.15) is 6.61 Å². The molecule has 4 rings (SSSR count). The Morgan fingerprint density at radius 2 is 1.37 bits per heavy atom. The van der Waals surface area contributed by atoms with E-state index < -0.39 is 11.9 Å². The van der Waals surface area contributed by atoms with E-state index in [1.165, 1.54) is 17.2 Å². The van der Waals surface area contributed by atoms with Crippen LogP contribution in [0.15, 0.2) is 72.8 Å². The number of fused-ring (bicyclic) bond motifs is 3. The van der Waals surface area contributed by atoms with Gasteiger partial charge in [-0.05, 0) is 33.9 Å². The zero-order valence-corrected chi connectivity index (χ0v) is 14.6. The fourth-order valence-corrected chi connectivity index (χ4v) is 3.71. The molecule has 0 unspecified atom stereocenters. The third-order valence-electron chi connectivity index (χ3n) is 4.96. The van der Waals surface area contributed by atoms with Gasteiger partial charge in [0, 0.05) is 5.92 Å². The van der Waals surface area contributed by atoms with Crippen molar-refractivity contribution in [3.05, 3.63) is 95.1 Å². The van der Waals surface area contributed by atoms with Gasteiger partial charge in [0.25, 0.3) is 0 Å². The molecule has 0 aliphatic heterocycles. The van der Waals surface area contributed by atoms with Crippen molar-refractivity contribution in [3.63, 3.8) is 0 Å². The van der Waals surface area contributed by atoms with Gasteiger partial charge in [-0.15, -0.1) is 0 Å². The molecule has 1 aliphatic rings. The van der Waals surface area contributed by atoms with Crippen LogP contribution in [0.4, 0.5) is 0 Å².